The molecule has 17 heavy (non-hydrogen) atoms. The molecule has 0 spiro atoms. The predicted molar refractivity (Wildman–Crippen MR) is 72.3 cm³/mol. The number of hydrogen-bond donors (Lipinski definition) is 1. The van der Waals surface area contributed by atoms with E-state index in [0.29, 0.717) is 24.2 Å². The third-order valence-electron chi connectivity index (χ3n) is 3.83. The number of sulfonamides is 1. The second-order valence-electron chi connectivity index (χ2n) is 5.87. The molecule has 0 amide bonds. The molecule has 1 aliphatic carbocycles. The summed E-state index contributed by atoms with van der Waals surface area (Å²) in [5.41, 5.74) is 0. The summed E-state index contributed by atoms with van der Waals surface area (Å²) in [5, 5.41) is 0. The van der Waals surface area contributed by atoms with E-state index in [-0.39, 0.29) is 11.8 Å². The van der Waals surface area contributed by atoms with Gasteiger partial charge in [0.15, 0.2) is 0 Å². The van der Waals surface area contributed by atoms with Gasteiger partial charge in [-0.2, -0.15) is 0 Å². The zero-order valence-electron chi connectivity index (χ0n) is 11.6. The Morgan fingerprint density at radius 2 is 1.94 bits per heavy atom. The molecule has 102 valence electrons. The van der Waals surface area contributed by atoms with Crippen molar-refractivity contribution in [3.8, 4) is 0 Å². The molecule has 0 bridgehead atoms. The van der Waals surface area contributed by atoms with Gasteiger partial charge in [-0.25, -0.2) is 13.1 Å². The largest absolute Gasteiger partial charge is 0.212 e. The molecule has 3 unspecified atom stereocenters. The number of rotatable bonds is 5. The van der Waals surface area contributed by atoms with Crippen LogP contribution < -0.4 is 4.72 Å². The lowest BCUT2D eigenvalue weighted by Gasteiger charge is -2.37. The van der Waals surface area contributed by atoms with Crippen molar-refractivity contribution in [1.29, 1.82) is 0 Å². The second-order valence-corrected chi connectivity index (χ2v) is 7.74. The average molecular weight is 261 g/mol. The van der Waals surface area contributed by atoms with Gasteiger partial charge in [-0.3, -0.25) is 0 Å². The molecule has 3 atom stereocenters. The van der Waals surface area contributed by atoms with Crippen molar-refractivity contribution in [2.75, 3.05) is 5.75 Å². The first kappa shape index (κ1) is 15.0. The fourth-order valence-electron chi connectivity index (χ4n) is 2.90. The van der Waals surface area contributed by atoms with Crippen molar-refractivity contribution in [3.63, 3.8) is 0 Å². The van der Waals surface area contributed by atoms with Gasteiger partial charge in [-0.1, -0.05) is 34.1 Å². The van der Waals surface area contributed by atoms with Gasteiger partial charge in [0.1, 0.15) is 0 Å². The van der Waals surface area contributed by atoms with Crippen LogP contribution in [0.4, 0.5) is 0 Å². The van der Waals surface area contributed by atoms with E-state index in [1.807, 2.05) is 6.92 Å². The van der Waals surface area contributed by atoms with Crippen molar-refractivity contribution in [1.82, 2.24) is 4.72 Å². The summed E-state index contributed by atoms with van der Waals surface area (Å²) in [6, 6.07) is 0.148. The highest BCUT2D eigenvalue weighted by molar-refractivity contribution is 7.89. The summed E-state index contributed by atoms with van der Waals surface area (Å²) in [6.45, 7) is 8.52. The molecule has 0 saturated heterocycles. The van der Waals surface area contributed by atoms with Gasteiger partial charge in [-0.15, -0.1) is 0 Å². The first-order valence-corrected chi connectivity index (χ1v) is 8.51. The van der Waals surface area contributed by atoms with Crippen LogP contribution in [-0.2, 0) is 10.0 Å². The van der Waals surface area contributed by atoms with E-state index in [9.17, 15) is 8.42 Å². The highest BCUT2D eigenvalue weighted by Gasteiger charge is 2.32. The molecule has 0 aromatic heterocycles. The molecule has 0 aromatic carbocycles. The smallest absolute Gasteiger partial charge is 0.211 e. The average Bonchev–Trinajstić information content (AvgIpc) is 2.15. The highest BCUT2D eigenvalue weighted by Crippen LogP contribution is 2.33. The molecule has 0 aromatic rings. The SMILES string of the molecule is CCCS(=O)(=O)NC1CC(C)CCC1C(C)C. The van der Waals surface area contributed by atoms with Crippen LogP contribution in [0.3, 0.4) is 0 Å². The van der Waals surface area contributed by atoms with Gasteiger partial charge < -0.3 is 0 Å². The van der Waals surface area contributed by atoms with Crippen LogP contribution in [0.5, 0.6) is 0 Å². The van der Waals surface area contributed by atoms with Crippen LogP contribution in [0.2, 0.25) is 0 Å². The van der Waals surface area contributed by atoms with Crippen LogP contribution >= 0.6 is 0 Å². The topological polar surface area (TPSA) is 46.2 Å². The molecular weight excluding hydrogens is 234 g/mol. The Hall–Kier alpha value is -0.0900. The van der Waals surface area contributed by atoms with Gasteiger partial charge in [0.25, 0.3) is 0 Å². The third-order valence-corrected chi connectivity index (χ3v) is 5.43. The molecule has 0 heterocycles. The maximum atomic E-state index is 11.9. The van der Waals surface area contributed by atoms with Gasteiger partial charge in [0, 0.05) is 6.04 Å². The van der Waals surface area contributed by atoms with E-state index in [2.05, 4.69) is 25.5 Å². The molecule has 1 N–H and O–H groups in total. The maximum Gasteiger partial charge on any atom is 0.211 e. The molecule has 1 fully saturated rings. The standard InChI is InChI=1S/C13H27NO2S/c1-5-8-17(15,16)14-13-9-11(4)6-7-12(13)10(2)3/h10-14H,5-9H2,1-4H3. The zero-order valence-corrected chi connectivity index (χ0v) is 12.4. The van der Waals surface area contributed by atoms with E-state index < -0.39 is 10.0 Å². The molecular formula is C13H27NO2S. The fraction of sp³-hybridized carbons (Fsp3) is 1.00. The van der Waals surface area contributed by atoms with Gasteiger partial charge >= 0.3 is 0 Å². The lowest BCUT2D eigenvalue weighted by atomic mass is 9.74. The molecule has 1 saturated carbocycles. The van der Waals surface area contributed by atoms with Crippen LogP contribution in [-0.4, -0.2) is 20.2 Å². The minimum Gasteiger partial charge on any atom is -0.212 e. The predicted octanol–water partition coefficient (Wildman–Crippen LogP) is 2.78. The van der Waals surface area contributed by atoms with Crippen molar-refractivity contribution in [3.05, 3.63) is 0 Å². The lowest BCUT2D eigenvalue weighted by Crippen LogP contribution is -2.46. The quantitative estimate of drug-likeness (QED) is 0.827. The number of nitrogens with one attached hydrogen (secondary N) is 1. The van der Waals surface area contributed by atoms with E-state index in [1.165, 1.54) is 6.42 Å². The minimum atomic E-state index is -3.07. The normalized spacial score (nSPS) is 30.8. The summed E-state index contributed by atoms with van der Waals surface area (Å²) in [6.07, 6.45) is 4.06. The first-order valence-electron chi connectivity index (χ1n) is 6.85. The molecule has 4 heteroatoms. The van der Waals surface area contributed by atoms with Gasteiger partial charge in [-0.05, 0) is 37.0 Å². The van der Waals surface area contributed by atoms with Crippen LogP contribution in [0.15, 0.2) is 0 Å². The minimum absolute atomic E-state index is 0.148. The fourth-order valence-corrected chi connectivity index (χ4v) is 4.28. The number of hydrogen-bond acceptors (Lipinski definition) is 2. The Labute approximate surface area is 106 Å². The van der Waals surface area contributed by atoms with Crippen molar-refractivity contribution < 1.29 is 8.42 Å². The van der Waals surface area contributed by atoms with E-state index in [1.54, 1.807) is 0 Å². The Kier molecular flexibility index (Phi) is 5.45. The molecule has 1 rings (SSSR count). The summed E-state index contributed by atoms with van der Waals surface area (Å²) >= 11 is 0. The molecule has 1 aliphatic rings. The van der Waals surface area contributed by atoms with Crippen molar-refractivity contribution in [2.45, 2.75) is 59.4 Å². The van der Waals surface area contributed by atoms with E-state index in [0.717, 1.165) is 12.8 Å². The summed E-state index contributed by atoms with van der Waals surface area (Å²) in [7, 11) is -3.07. The summed E-state index contributed by atoms with van der Waals surface area (Å²) in [5.74, 6) is 1.94. The Morgan fingerprint density at radius 1 is 1.29 bits per heavy atom. The van der Waals surface area contributed by atoms with E-state index in [4.69, 9.17) is 0 Å². The van der Waals surface area contributed by atoms with Crippen LogP contribution in [0.25, 0.3) is 0 Å². The van der Waals surface area contributed by atoms with Crippen molar-refractivity contribution in [2.24, 2.45) is 17.8 Å². The van der Waals surface area contributed by atoms with Crippen LogP contribution in [0, 0.1) is 17.8 Å². The second kappa shape index (κ2) is 6.19. The summed E-state index contributed by atoms with van der Waals surface area (Å²) < 4.78 is 26.7. The Bertz CT molecular complexity index is 324. The Balaban J connectivity index is 2.70. The van der Waals surface area contributed by atoms with Crippen molar-refractivity contribution >= 4 is 10.0 Å². The third kappa shape index (κ3) is 4.59. The van der Waals surface area contributed by atoms with Crippen LogP contribution in [0.1, 0.15) is 53.4 Å². The first-order chi connectivity index (χ1) is 7.85. The molecule has 0 radical (unpaired) electrons. The molecule has 3 nitrogen and oxygen atoms in total. The highest BCUT2D eigenvalue weighted by atomic mass is 32.2. The Morgan fingerprint density at radius 3 is 2.47 bits per heavy atom. The maximum absolute atomic E-state index is 11.9. The monoisotopic (exact) mass is 261 g/mol. The van der Waals surface area contributed by atoms with Gasteiger partial charge in [0.2, 0.25) is 10.0 Å². The molecule has 0 aliphatic heterocycles. The zero-order chi connectivity index (χ0) is 13.1. The lowest BCUT2D eigenvalue weighted by molar-refractivity contribution is 0.188. The summed E-state index contributed by atoms with van der Waals surface area (Å²) in [4.78, 5) is 0. The van der Waals surface area contributed by atoms with Gasteiger partial charge in [0.05, 0.1) is 5.75 Å². The van der Waals surface area contributed by atoms with E-state index >= 15 is 0 Å².